The highest BCUT2D eigenvalue weighted by Crippen LogP contribution is 2.28. The van der Waals surface area contributed by atoms with Gasteiger partial charge in [0.2, 0.25) is 0 Å². The molecule has 4 rings (SSSR count). The van der Waals surface area contributed by atoms with Gasteiger partial charge in [-0.3, -0.25) is 18.9 Å². The number of hydrogen-bond acceptors (Lipinski definition) is 11. The summed E-state index contributed by atoms with van der Waals surface area (Å²) in [6.07, 6.45) is 0. The third-order valence-corrected chi connectivity index (χ3v) is 7.08. The largest absolute Gasteiger partial charge is 0.507 e. The van der Waals surface area contributed by atoms with Crippen LogP contribution in [0.15, 0.2) is 94.7 Å². The minimum Gasteiger partial charge on any atom is -0.507 e. The molecule has 0 aromatic heterocycles. The molecular weight excluding hydrogens is 564 g/mol. The van der Waals surface area contributed by atoms with E-state index in [9.17, 15) is 37.6 Å². The summed E-state index contributed by atoms with van der Waals surface area (Å²) >= 11 is 0.631. The SMILES string of the molecule is O=C(c1ccc(O)c(C(=O)c2cccc(SOOO)c2)c1)c1ccc(O)c(C(=O)c2cccc(S(=O)(=O)O)c2)c1. The van der Waals surface area contributed by atoms with Gasteiger partial charge in [0.05, 0.1) is 28.1 Å². The normalized spacial score (nSPS) is 11.2. The number of phenolic OH excluding ortho intramolecular Hbond substituents is 2. The van der Waals surface area contributed by atoms with Gasteiger partial charge in [-0.1, -0.05) is 29.3 Å². The average Bonchev–Trinajstić information content (AvgIpc) is 2.95. The van der Waals surface area contributed by atoms with E-state index in [0.717, 1.165) is 30.3 Å². The molecule has 0 aliphatic rings. The molecule has 0 amide bonds. The number of carbonyl (C=O) groups is 3. The molecule has 4 aromatic carbocycles. The molecule has 0 atom stereocenters. The molecule has 0 unspecified atom stereocenters. The van der Waals surface area contributed by atoms with Crippen molar-refractivity contribution in [2.24, 2.45) is 0 Å². The molecule has 13 heteroatoms. The van der Waals surface area contributed by atoms with Crippen molar-refractivity contribution >= 4 is 39.5 Å². The number of benzene rings is 4. The third-order valence-electron chi connectivity index (χ3n) is 5.66. The molecule has 0 radical (unpaired) electrons. The molecule has 0 spiro atoms. The molecule has 204 valence electrons. The van der Waals surface area contributed by atoms with Crippen molar-refractivity contribution in [3.8, 4) is 11.5 Å². The van der Waals surface area contributed by atoms with Crippen LogP contribution in [0.4, 0.5) is 0 Å². The summed E-state index contributed by atoms with van der Waals surface area (Å²) in [5.41, 5.74) is -0.585. The first-order valence-corrected chi connectivity index (χ1v) is 13.3. The molecule has 0 heterocycles. The highest BCUT2D eigenvalue weighted by atomic mass is 32.2. The van der Waals surface area contributed by atoms with Crippen LogP contribution in [0.25, 0.3) is 0 Å². The summed E-state index contributed by atoms with van der Waals surface area (Å²) in [5.74, 6) is -2.96. The third kappa shape index (κ3) is 6.26. The minimum atomic E-state index is -4.59. The summed E-state index contributed by atoms with van der Waals surface area (Å²) in [6, 6.07) is 17.6. The number of rotatable bonds is 10. The molecule has 0 saturated heterocycles. The Morgan fingerprint density at radius 3 is 1.68 bits per heavy atom. The molecular formula is C27H18O11S2. The lowest BCUT2D eigenvalue weighted by Gasteiger charge is -2.10. The average molecular weight is 583 g/mol. The van der Waals surface area contributed by atoms with Crippen LogP contribution >= 0.6 is 12.0 Å². The zero-order valence-electron chi connectivity index (χ0n) is 20.0. The molecule has 0 aliphatic heterocycles. The van der Waals surface area contributed by atoms with Gasteiger partial charge >= 0.3 is 0 Å². The fraction of sp³-hybridized carbons (Fsp3) is 0. The predicted molar refractivity (Wildman–Crippen MR) is 140 cm³/mol. The summed E-state index contributed by atoms with van der Waals surface area (Å²) < 4.78 is 36.5. The first-order valence-electron chi connectivity index (χ1n) is 11.1. The summed E-state index contributed by atoms with van der Waals surface area (Å²) in [5, 5.41) is 32.5. The second-order valence-corrected chi connectivity index (χ2v) is 10.4. The van der Waals surface area contributed by atoms with E-state index >= 15 is 0 Å². The maximum Gasteiger partial charge on any atom is 0.294 e. The van der Waals surface area contributed by atoms with Gasteiger partial charge in [0, 0.05) is 27.1 Å². The Bertz CT molecular complexity index is 1750. The van der Waals surface area contributed by atoms with E-state index in [1.807, 2.05) is 0 Å². The first-order chi connectivity index (χ1) is 19.0. The van der Waals surface area contributed by atoms with E-state index in [-0.39, 0.29) is 33.4 Å². The molecule has 11 nitrogen and oxygen atoms in total. The van der Waals surface area contributed by atoms with Crippen LogP contribution in [0, 0.1) is 0 Å². The Kier molecular flexibility index (Phi) is 8.44. The second-order valence-electron chi connectivity index (χ2n) is 8.21. The Morgan fingerprint density at radius 2 is 1.15 bits per heavy atom. The van der Waals surface area contributed by atoms with E-state index in [0.29, 0.717) is 16.9 Å². The molecule has 0 aliphatic carbocycles. The molecule has 4 aromatic rings. The maximum absolute atomic E-state index is 13.3. The van der Waals surface area contributed by atoms with Crippen LogP contribution in [0.1, 0.15) is 47.8 Å². The number of carbonyl (C=O) groups excluding carboxylic acids is 3. The summed E-state index contributed by atoms with van der Waals surface area (Å²) in [4.78, 5) is 39.3. The first kappa shape index (κ1) is 28.6. The van der Waals surface area contributed by atoms with E-state index in [1.54, 1.807) is 6.07 Å². The lowest BCUT2D eigenvalue weighted by molar-refractivity contribution is -0.432. The maximum atomic E-state index is 13.3. The van der Waals surface area contributed by atoms with Crippen molar-refractivity contribution in [2.45, 2.75) is 9.79 Å². The lowest BCUT2D eigenvalue weighted by atomic mass is 9.94. The Labute approximate surface area is 231 Å². The van der Waals surface area contributed by atoms with Crippen molar-refractivity contribution in [3.63, 3.8) is 0 Å². The van der Waals surface area contributed by atoms with Gasteiger partial charge in [-0.25, -0.2) is 5.26 Å². The highest BCUT2D eigenvalue weighted by Gasteiger charge is 2.22. The van der Waals surface area contributed by atoms with Gasteiger partial charge in [-0.05, 0) is 60.7 Å². The Balaban J connectivity index is 1.66. The molecule has 0 saturated carbocycles. The minimum absolute atomic E-state index is 0.0128. The van der Waals surface area contributed by atoms with Crippen LogP contribution in [0.2, 0.25) is 0 Å². The quantitative estimate of drug-likeness (QED) is 0.0677. The van der Waals surface area contributed by atoms with Gasteiger partial charge in [0.25, 0.3) is 10.1 Å². The van der Waals surface area contributed by atoms with E-state index in [1.165, 1.54) is 48.5 Å². The molecule has 4 N–H and O–H groups in total. The van der Waals surface area contributed by atoms with Crippen molar-refractivity contribution in [3.05, 3.63) is 118 Å². The van der Waals surface area contributed by atoms with E-state index in [2.05, 4.69) is 9.37 Å². The van der Waals surface area contributed by atoms with Gasteiger partial charge < -0.3 is 10.2 Å². The number of hydrogen-bond donors (Lipinski definition) is 4. The van der Waals surface area contributed by atoms with Gasteiger partial charge in [0.15, 0.2) is 17.3 Å². The number of aromatic hydroxyl groups is 2. The topological polar surface area (TPSA) is 185 Å². The smallest absolute Gasteiger partial charge is 0.294 e. The lowest BCUT2D eigenvalue weighted by Crippen LogP contribution is -2.09. The monoisotopic (exact) mass is 582 g/mol. The van der Waals surface area contributed by atoms with Gasteiger partial charge in [-0.2, -0.15) is 8.42 Å². The van der Waals surface area contributed by atoms with E-state index in [4.69, 9.17) is 5.26 Å². The van der Waals surface area contributed by atoms with Crippen LogP contribution in [0.5, 0.6) is 11.5 Å². The molecule has 40 heavy (non-hydrogen) atoms. The Morgan fingerprint density at radius 1 is 0.650 bits per heavy atom. The van der Waals surface area contributed by atoms with Crippen LogP contribution in [-0.4, -0.2) is 45.8 Å². The highest BCUT2D eigenvalue weighted by molar-refractivity contribution is 7.94. The zero-order valence-corrected chi connectivity index (χ0v) is 21.7. The van der Waals surface area contributed by atoms with Crippen molar-refractivity contribution in [1.82, 2.24) is 0 Å². The fourth-order valence-corrected chi connectivity index (χ4v) is 4.68. The van der Waals surface area contributed by atoms with Crippen molar-refractivity contribution in [1.29, 1.82) is 0 Å². The Hall–Kier alpha value is -4.37. The zero-order chi connectivity index (χ0) is 29.0. The van der Waals surface area contributed by atoms with Crippen LogP contribution < -0.4 is 0 Å². The standard InChI is InChI=1S/C27H18O11S2/c28-23-9-7-17(13-21(23)26(31)15-3-1-5-19(11-15)39-38-37-33)25(30)18-8-10-24(29)22(14-18)27(32)16-4-2-6-20(12-16)40(34,35)36/h1-14,28-29,33H,(H,34,35,36). The molecule has 0 fully saturated rings. The van der Waals surface area contributed by atoms with E-state index < -0.39 is 43.9 Å². The van der Waals surface area contributed by atoms with Crippen molar-refractivity contribution < 1.29 is 52.2 Å². The fourth-order valence-electron chi connectivity index (χ4n) is 3.74. The van der Waals surface area contributed by atoms with Crippen molar-refractivity contribution in [2.75, 3.05) is 0 Å². The van der Waals surface area contributed by atoms with Gasteiger partial charge in [-0.15, -0.1) is 4.33 Å². The second kappa shape index (κ2) is 11.8. The number of ketones is 3. The summed E-state index contributed by atoms with van der Waals surface area (Å²) in [7, 11) is -4.59. The van der Waals surface area contributed by atoms with Crippen LogP contribution in [0.3, 0.4) is 0 Å². The van der Waals surface area contributed by atoms with Gasteiger partial charge in [0.1, 0.15) is 11.5 Å². The summed E-state index contributed by atoms with van der Waals surface area (Å²) in [6.45, 7) is 0. The number of phenols is 2. The van der Waals surface area contributed by atoms with Crippen LogP contribution in [-0.2, 0) is 19.5 Å². The predicted octanol–water partition coefficient (Wildman–Crippen LogP) is 4.47. The molecule has 0 bridgehead atoms.